The van der Waals surface area contributed by atoms with E-state index in [1.165, 1.54) is 12.3 Å². The second kappa shape index (κ2) is 3.11. The second-order valence-electron chi connectivity index (χ2n) is 3.12. The van der Waals surface area contributed by atoms with Crippen LogP contribution in [0.5, 0.6) is 0 Å². The van der Waals surface area contributed by atoms with E-state index < -0.39 is 18.0 Å². The standard InChI is InChI=1S/C8H5BF3N2O/c10-9(11,12)6-2-1-5-4-13-14-8(15)7(5)3-6/h1-4H,(H,14,15)/q-1. The Morgan fingerprint density at radius 1 is 1.27 bits per heavy atom. The number of hydrogen-bond donors (Lipinski definition) is 1. The Labute approximate surface area is 82.0 Å². The first kappa shape index (κ1) is 9.76. The van der Waals surface area contributed by atoms with Crippen molar-refractivity contribution in [2.45, 2.75) is 0 Å². The van der Waals surface area contributed by atoms with Gasteiger partial charge in [-0.15, -0.1) is 5.46 Å². The summed E-state index contributed by atoms with van der Waals surface area (Å²) in [5, 5.41) is 5.97. The number of aromatic nitrogens is 2. The lowest BCUT2D eigenvalue weighted by Gasteiger charge is -2.14. The highest BCUT2D eigenvalue weighted by Gasteiger charge is 2.25. The van der Waals surface area contributed by atoms with Gasteiger partial charge in [-0.25, -0.2) is 5.10 Å². The quantitative estimate of drug-likeness (QED) is 0.717. The van der Waals surface area contributed by atoms with E-state index in [-0.39, 0.29) is 5.39 Å². The van der Waals surface area contributed by atoms with Gasteiger partial charge in [0.15, 0.2) is 0 Å². The second-order valence-corrected chi connectivity index (χ2v) is 3.12. The summed E-state index contributed by atoms with van der Waals surface area (Å²) >= 11 is 0. The van der Waals surface area contributed by atoms with Gasteiger partial charge in [-0.05, 0) is 0 Å². The van der Waals surface area contributed by atoms with Crippen LogP contribution in [-0.2, 0) is 0 Å². The molecule has 0 saturated carbocycles. The predicted molar refractivity (Wildman–Crippen MR) is 51.1 cm³/mol. The van der Waals surface area contributed by atoms with Crippen LogP contribution >= 0.6 is 0 Å². The molecule has 7 heteroatoms. The van der Waals surface area contributed by atoms with Crippen LogP contribution < -0.4 is 11.0 Å². The molecule has 0 bridgehead atoms. The Kier molecular flexibility index (Phi) is 2.03. The highest BCUT2D eigenvalue weighted by atomic mass is 19.4. The van der Waals surface area contributed by atoms with E-state index in [1.54, 1.807) is 0 Å². The summed E-state index contributed by atoms with van der Waals surface area (Å²) in [5.41, 5.74) is -1.39. The molecule has 1 heterocycles. The molecule has 1 N–H and O–H groups in total. The molecule has 0 amide bonds. The number of hydrogen-bond acceptors (Lipinski definition) is 2. The molecule has 78 valence electrons. The number of nitrogens with zero attached hydrogens (tertiary/aromatic N) is 1. The zero-order chi connectivity index (χ0) is 11.1. The SMILES string of the molecule is O=c1[nH]ncc2ccc([B-](F)(F)F)cc12. The molecule has 0 fully saturated rings. The van der Waals surface area contributed by atoms with Crippen molar-refractivity contribution < 1.29 is 12.9 Å². The number of nitrogens with one attached hydrogen (secondary N) is 1. The zero-order valence-electron chi connectivity index (χ0n) is 7.38. The average molecular weight is 213 g/mol. The maximum atomic E-state index is 12.4. The molecule has 15 heavy (non-hydrogen) atoms. The van der Waals surface area contributed by atoms with Crippen molar-refractivity contribution in [1.82, 2.24) is 10.2 Å². The van der Waals surface area contributed by atoms with Crippen LogP contribution in [0, 0.1) is 0 Å². The minimum Gasteiger partial charge on any atom is -0.445 e. The number of halogens is 3. The van der Waals surface area contributed by atoms with E-state index in [2.05, 4.69) is 10.2 Å². The van der Waals surface area contributed by atoms with Gasteiger partial charge in [0, 0.05) is 10.8 Å². The van der Waals surface area contributed by atoms with Gasteiger partial charge in [-0.2, -0.15) is 5.10 Å². The van der Waals surface area contributed by atoms with Crippen LogP contribution in [0.15, 0.2) is 29.2 Å². The third kappa shape index (κ3) is 1.72. The average Bonchev–Trinajstić information content (AvgIpc) is 2.16. The third-order valence-corrected chi connectivity index (χ3v) is 2.07. The first-order chi connectivity index (χ1) is 6.98. The Balaban J connectivity index is 2.76. The van der Waals surface area contributed by atoms with E-state index >= 15 is 0 Å². The van der Waals surface area contributed by atoms with E-state index in [0.29, 0.717) is 5.39 Å². The van der Waals surface area contributed by atoms with Gasteiger partial charge in [0.1, 0.15) is 0 Å². The van der Waals surface area contributed by atoms with Crippen LogP contribution in [0.25, 0.3) is 10.8 Å². The highest BCUT2D eigenvalue weighted by Crippen LogP contribution is 2.12. The monoisotopic (exact) mass is 213 g/mol. The first-order valence-electron chi connectivity index (χ1n) is 4.16. The van der Waals surface area contributed by atoms with Crippen LogP contribution in [-0.4, -0.2) is 17.2 Å². The van der Waals surface area contributed by atoms with Gasteiger partial charge in [-0.3, -0.25) is 4.79 Å². The fraction of sp³-hybridized carbons (Fsp3) is 0. The van der Waals surface area contributed by atoms with Crippen molar-refractivity contribution in [2.75, 3.05) is 0 Å². The third-order valence-electron chi connectivity index (χ3n) is 2.07. The Bertz CT molecular complexity index is 564. The normalized spacial score (nSPS) is 11.9. The Morgan fingerprint density at radius 2 is 2.00 bits per heavy atom. The molecular formula is C8H5BF3N2O-. The largest absolute Gasteiger partial charge is 0.509 e. The molecule has 0 radical (unpaired) electrons. The lowest BCUT2D eigenvalue weighted by atomic mass is 9.79. The number of H-pyrrole nitrogens is 1. The fourth-order valence-corrected chi connectivity index (χ4v) is 1.31. The maximum absolute atomic E-state index is 12.4. The van der Waals surface area contributed by atoms with E-state index in [9.17, 15) is 17.7 Å². The van der Waals surface area contributed by atoms with Gasteiger partial charge in [0.05, 0.1) is 6.20 Å². The molecule has 3 nitrogen and oxygen atoms in total. The summed E-state index contributed by atoms with van der Waals surface area (Å²) in [5.74, 6) is 0. The van der Waals surface area contributed by atoms with E-state index in [4.69, 9.17) is 0 Å². The molecule has 1 aromatic carbocycles. The fourth-order valence-electron chi connectivity index (χ4n) is 1.31. The number of benzene rings is 1. The molecule has 2 rings (SSSR count). The van der Waals surface area contributed by atoms with E-state index in [1.807, 2.05) is 0 Å². The van der Waals surface area contributed by atoms with Crippen LogP contribution in [0.1, 0.15) is 0 Å². The topological polar surface area (TPSA) is 45.8 Å². The molecule has 0 unspecified atom stereocenters. The van der Waals surface area contributed by atoms with Crippen molar-refractivity contribution in [3.05, 3.63) is 34.7 Å². The van der Waals surface area contributed by atoms with Crippen molar-refractivity contribution >= 4 is 23.2 Å². The summed E-state index contributed by atoms with van der Waals surface area (Å²) < 4.78 is 37.1. The van der Waals surface area contributed by atoms with Crippen molar-refractivity contribution in [2.24, 2.45) is 0 Å². The van der Waals surface area contributed by atoms with E-state index in [0.717, 1.165) is 12.1 Å². The minimum atomic E-state index is -5.07. The van der Waals surface area contributed by atoms with Gasteiger partial charge >= 0.3 is 6.98 Å². The predicted octanol–water partition coefficient (Wildman–Crippen LogP) is 0.978. The highest BCUT2D eigenvalue weighted by molar-refractivity contribution is 6.73. The van der Waals surface area contributed by atoms with Gasteiger partial charge in [-0.1, -0.05) is 18.2 Å². The minimum absolute atomic E-state index is 0.00157. The summed E-state index contributed by atoms with van der Waals surface area (Å²) in [6.45, 7) is -5.07. The molecule has 1 aromatic heterocycles. The number of fused-ring (bicyclic) bond motifs is 1. The molecule has 0 aliphatic carbocycles. The Hall–Kier alpha value is -1.79. The maximum Gasteiger partial charge on any atom is 0.509 e. The molecule has 2 aromatic rings. The molecule has 0 aliphatic rings. The first-order valence-corrected chi connectivity index (χ1v) is 4.16. The van der Waals surface area contributed by atoms with Crippen LogP contribution in [0.2, 0.25) is 0 Å². The molecule has 0 saturated heterocycles. The molecular weight excluding hydrogens is 208 g/mol. The van der Waals surface area contributed by atoms with Gasteiger partial charge in [0.25, 0.3) is 5.56 Å². The van der Waals surface area contributed by atoms with Crippen LogP contribution in [0.4, 0.5) is 12.9 Å². The molecule has 0 aliphatic heterocycles. The smallest absolute Gasteiger partial charge is 0.445 e. The van der Waals surface area contributed by atoms with Crippen molar-refractivity contribution in [3.8, 4) is 0 Å². The molecule has 0 spiro atoms. The number of rotatable bonds is 1. The summed E-state index contributed by atoms with van der Waals surface area (Å²) in [7, 11) is 0. The summed E-state index contributed by atoms with van der Waals surface area (Å²) in [6, 6.07) is 3.03. The van der Waals surface area contributed by atoms with Gasteiger partial charge < -0.3 is 12.9 Å². The van der Waals surface area contributed by atoms with Crippen molar-refractivity contribution in [1.29, 1.82) is 0 Å². The zero-order valence-corrected chi connectivity index (χ0v) is 7.38. The summed E-state index contributed by atoms with van der Waals surface area (Å²) in [6.07, 6.45) is 1.31. The lowest BCUT2D eigenvalue weighted by molar-refractivity contribution is 0.501. The van der Waals surface area contributed by atoms with Crippen LogP contribution in [0.3, 0.4) is 0 Å². The lowest BCUT2D eigenvalue weighted by Crippen LogP contribution is -2.34. The summed E-state index contributed by atoms with van der Waals surface area (Å²) in [4.78, 5) is 11.2. The van der Waals surface area contributed by atoms with Crippen molar-refractivity contribution in [3.63, 3.8) is 0 Å². The van der Waals surface area contributed by atoms with Gasteiger partial charge in [0.2, 0.25) is 0 Å². The Morgan fingerprint density at radius 3 is 2.67 bits per heavy atom. The molecule has 0 atom stereocenters. The number of aromatic amines is 1.